The van der Waals surface area contributed by atoms with E-state index in [1.807, 2.05) is 6.08 Å². The predicted octanol–water partition coefficient (Wildman–Crippen LogP) is 2.41. The summed E-state index contributed by atoms with van der Waals surface area (Å²) in [5, 5.41) is 18.4. The summed E-state index contributed by atoms with van der Waals surface area (Å²) in [4.78, 5) is 62.8. The largest absolute Gasteiger partial charge is 0.481 e. The van der Waals surface area contributed by atoms with E-state index in [4.69, 9.17) is 32.7 Å². The lowest BCUT2D eigenvalue weighted by molar-refractivity contribution is -0.141. The van der Waals surface area contributed by atoms with Gasteiger partial charge in [-0.15, -0.1) is 23.2 Å². The number of halogens is 2. The highest BCUT2D eigenvalue weighted by atomic mass is 35.5. The van der Waals surface area contributed by atoms with E-state index in [-0.39, 0.29) is 55.7 Å². The van der Waals surface area contributed by atoms with Crippen LogP contribution in [0, 0.1) is 17.8 Å². The number of unbranched alkanes of at least 4 members (excludes halogenated alkanes) is 2. The Bertz CT molecular complexity index is 1260. The van der Waals surface area contributed by atoms with Crippen molar-refractivity contribution in [3.63, 3.8) is 0 Å². The molecule has 4 aliphatic rings. The van der Waals surface area contributed by atoms with Crippen LogP contribution < -0.4 is 0 Å². The van der Waals surface area contributed by atoms with Crippen molar-refractivity contribution in [1.82, 2.24) is 9.80 Å². The molecule has 1 aromatic rings. The first-order chi connectivity index (χ1) is 18.0. The number of hydrogen-bond donors (Lipinski definition) is 2. The van der Waals surface area contributed by atoms with Gasteiger partial charge in [0.2, 0.25) is 11.8 Å². The molecule has 0 spiro atoms. The lowest BCUT2D eigenvalue weighted by Gasteiger charge is -2.49. The zero-order valence-corrected chi connectivity index (χ0v) is 22.2. The molecular formula is C26H28Cl2N2O8. The predicted molar refractivity (Wildman–Crippen MR) is 133 cm³/mol. The van der Waals surface area contributed by atoms with Crippen molar-refractivity contribution in [2.24, 2.45) is 17.8 Å². The number of imide groups is 2. The van der Waals surface area contributed by atoms with E-state index in [0.29, 0.717) is 24.8 Å². The maximum absolute atomic E-state index is 13.6. The minimum Gasteiger partial charge on any atom is -0.481 e. The van der Waals surface area contributed by atoms with E-state index in [2.05, 4.69) is 0 Å². The number of amides is 4. The molecule has 0 radical (unpaired) electrons. The topological polar surface area (TPSA) is 145 Å². The minimum atomic E-state index is -1.92. The number of carboxylic acids is 1. The molecule has 3 fully saturated rings. The van der Waals surface area contributed by atoms with Crippen molar-refractivity contribution in [3.8, 4) is 0 Å². The summed E-state index contributed by atoms with van der Waals surface area (Å²) in [5.74, 6) is -5.47. The summed E-state index contributed by atoms with van der Waals surface area (Å²) in [7, 11) is 1.31. The molecule has 6 unspecified atom stereocenters. The number of furan rings is 1. The van der Waals surface area contributed by atoms with Gasteiger partial charge in [0.15, 0.2) is 9.75 Å². The molecule has 6 atom stereocenters. The van der Waals surface area contributed by atoms with Crippen molar-refractivity contribution in [1.29, 1.82) is 0 Å². The number of carboxylic acid groups (broad SMARTS) is 1. The number of aliphatic carboxylic acids is 1. The Morgan fingerprint density at radius 2 is 1.82 bits per heavy atom. The van der Waals surface area contributed by atoms with Crippen LogP contribution in [0.2, 0.25) is 0 Å². The molecule has 204 valence electrons. The lowest BCUT2D eigenvalue weighted by atomic mass is 9.57. The summed E-state index contributed by atoms with van der Waals surface area (Å²) < 4.78 is 5.81. The Labute approximate surface area is 228 Å². The molecule has 12 heteroatoms. The summed E-state index contributed by atoms with van der Waals surface area (Å²) >= 11 is 14.1. The number of aliphatic hydroxyl groups excluding tert-OH is 1. The van der Waals surface area contributed by atoms with Gasteiger partial charge in [0.25, 0.3) is 11.8 Å². The molecule has 38 heavy (non-hydrogen) atoms. The van der Waals surface area contributed by atoms with Gasteiger partial charge in [-0.1, -0.05) is 18.1 Å². The van der Waals surface area contributed by atoms with Gasteiger partial charge in [0, 0.05) is 20.0 Å². The van der Waals surface area contributed by atoms with Crippen molar-refractivity contribution < 1.29 is 38.6 Å². The Morgan fingerprint density at radius 1 is 1.08 bits per heavy atom. The zero-order valence-electron chi connectivity index (χ0n) is 20.7. The third-order valence-corrected chi connectivity index (χ3v) is 9.91. The number of fused-ring (bicyclic) bond motifs is 4. The second kappa shape index (κ2) is 9.50. The van der Waals surface area contributed by atoms with Crippen molar-refractivity contribution in [3.05, 3.63) is 35.3 Å². The van der Waals surface area contributed by atoms with Gasteiger partial charge in [0.05, 0.1) is 17.8 Å². The summed E-state index contributed by atoms with van der Waals surface area (Å²) in [6.07, 6.45) is 3.47. The quantitative estimate of drug-likeness (QED) is 0.211. The summed E-state index contributed by atoms with van der Waals surface area (Å²) in [6, 6.07) is 3.12. The van der Waals surface area contributed by atoms with Gasteiger partial charge in [-0.3, -0.25) is 33.8 Å². The van der Waals surface area contributed by atoms with Crippen LogP contribution in [0.3, 0.4) is 0 Å². The van der Waals surface area contributed by atoms with Gasteiger partial charge < -0.3 is 14.6 Å². The van der Waals surface area contributed by atoms with Gasteiger partial charge in [-0.05, 0) is 43.7 Å². The van der Waals surface area contributed by atoms with Crippen LogP contribution >= 0.6 is 23.2 Å². The number of likely N-dealkylation sites (tertiary alicyclic amines) is 2. The monoisotopic (exact) mass is 566 g/mol. The standard InChI is InChI=1S/C26H28Cl2N2O8/c1-29-23(36)25(27)11-16-14(20(26(25,28)24(29)37)17-9-6-13(12-31)38-17)7-8-15-19(16)22(35)30(21(15)34)10-4-2-3-5-18(32)33/h6-7,9,15-16,19-20,31H,2-5,8,10-12H2,1H3,(H,32,33). The maximum atomic E-state index is 13.6. The first-order valence-corrected chi connectivity index (χ1v) is 13.4. The molecule has 0 bridgehead atoms. The van der Waals surface area contributed by atoms with E-state index in [1.165, 1.54) is 11.9 Å². The Hall–Kier alpha value is -2.69. The molecule has 3 heterocycles. The molecule has 2 saturated heterocycles. The third-order valence-electron chi connectivity index (χ3n) is 8.50. The molecule has 10 nitrogen and oxygen atoms in total. The average Bonchev–Trinajstić information content (AvgIpc) is 3.48. The number of alkyl halides is 2. The molecule has 2 aliphatic carbocycles. The average molecular weight is 567 g/mol. The molecule has 4 amide bonds. The zero-order chi connectivity index (χ0) is 27.6. The number of allylic oxidation sites excluding steroid dienone is 2. The smallest absolute Gasteiger partial charge is 0.303 e. The van der Waals surface area contributed by atoms with Crippen molar-refractivity contribution in [2.75, 3.05) is 13.6 Å². The van der Waals surface area contributed by atoms with E-state index in [1.54, 1.807) is 12.1 Å². The second-order valence-corrected chi connectivity index (χ2v) is 11.7. The fourth-order valence-corrected chi connectivity index (χ4v) is 7.70. The van der Waals surface area contributed by atoms with Crippen LogP contribution in [0.4, 0.5) is 0 Å². The van der Waals surface area contributed by atoms with Crippen LogP contribution in [-0.4, -0.2) is 73.0 Å². The fraction of sp³-hybridized carbons (Fsp3) is 0.577. The van der Waals surface area contributed by atoms with Crippen LogP contribution in [0.25, 0.3) is 0 Å². The van der Waals surface area contributed by atoms with Crippen LogP contribution in [0.1, 0.15) is 56.0 Å². The maximum Gasteiger partial charge on any atom is 0.303 e. The number of rotatable bonds is 8. The van der Waals surface area contributed by atoms with Crippen LogP contribution in [-0.2, 0) is 30.6 Å². The number of carbonyl (C=O) groups is 5. The SMILES string of the molecule is CN1C(=O)C2(Cl)CC3C(=CCC4C(=O)N(CCCCCC(=O)O)C(=O)C43)C(c3ccc(CO)o3)C2(Cl)C1=O. The number of carbonyl (C=O) groups excluding carboxylic acids is 4. The van der Waals surface area contributed by atoms with Crippen molar-refractivity contribution >= 4 is 52.8 Å². The molecule has 0 aromatic carbocycles. The normalized spacial score (nSPS) is 34.4. The summed E-state index contributed by atoms with van der Waals surface area (Å²) in [5.41, 5.74) is 0.622. The van der Waals surface area contributed by atoms with E-state index >= 15 is 0 Å². The fourth-order valence-electron chi connectivity index (χ4n) is 6.70. The van der Waals surface area contributed by atoms with Crippen molar-refractivity contribution in [2.45, 2.75) is 60.8 Å². The Kier molecular flexibility index (Phi) is 6.72. The Morgan fingerprint density at radius 3 is 2.47 bits per heavy atom. The van der Waals surface area contributed by atoms with E-state index < -0.39 is 51.2 Å². The first kappa shape index (κ1) is 26.9. The van der Waals surface area contributed by atoms with Gasteiger partial charge in [-0.2, -0.15) is 0 Å². The molecule has 1 aromatic heterocycles. The van der Waals surface area contributed by atoms with E-state index in [0.717, 1.165) is 4.90 Å². The minimum absolute atomic E-state index is 0.0217. The number of nitrogens with zero attached hydrogens (tertiary/aromatic N) is 2. The summed E-state index contributed by atoms with van der Waals surface area (Å²) in [6.45, 7) is -0.207. The first-order valence-electron chi connectivity index (χ1n) is 12.6. The van der Waals surface area contributed by atoms with Crippen LogP contribution in [0.5, 0.6) is 0 Å². The van der Waals surface area contributed by atoms with Gasteiger partial charge >= 0.3 is 5.97 Å². The highest BCUT2D eigenvalue weighted by Gasteiger charge is 2.76. The molecule has 5 rings (SSSR count). The number of aliphatic hydroxyl groups is 1. The molecule has 2 aliphatic heterocycles. The molecule has 2 N–H and O–H groups in total. The lowest BCUT2D eigenvalue weighted by Crippen LogP contribution is -2.60. The highest BCUT2D eigenvalue weighted by Crippen LogP contribution is 2.65. The van der Waals surface area contributed by atoms with E-state index in [9.17, 15) is 29.1 Å². The second-order valence-electron chi connectivity index (χ2n) is 10.5. The highest BCUT2D eigenvalue weighted by molar-refractivity contribution is 6.53. The van der Waals surface area contributed by atoms with Gasteiger partial charge in [-0.25, -0.2) is 0 Å². The third kappa shape index (κ3) is 3.67. The number of hydrogen-bond acceptors (Lipinski definition) is 7. The van der Waals surface area contributed by atoms with Crippen LogP contribution in [0.15, 0.2) is 28.2 Å². The molecular weight excluding hydrogens is 539 g/mol. The van der Waals surface area contributed by atoms with Gasteiger partial charge in [0.1, 0.15) is 18.1 Å². The Balaban J connectivity index is 1.50. The molecule has 1 saturated carbocycles.